The predicted octanol–water partition coefficient (Wildman–Crippen LogP) is 3.95. The molecule has 0 amide bonds. The molecule has 2 aromatic rings. The average molecular weight is 454 g/mol. The third-order valence-electron chi connectivity index (χ3n) is 5.08. The number of likely N-dealkylation sites (N-methyl/N-ethyl adjacent to an activating group) is 1. The van der Waals surface area contributed by atoms with Crippen LogP contribution in [0.25, 0.3) is 11.0 Å². The Balaban J connectivity index is 1.96. The fraction of sp³-hybridized carbons (Fsp3) is 0.550. The summed E-state index contributed by atoms with van der Waals surface area (Å²) in [5.41, 5.74) is 1.39. The standard InChI is InChI=1S/C20H28ClN5O3S/c1-6-29-19(27)25-16-12-14(13(21)11-15(16)22-17(25)20(2,3)4)23-18(30)24-7-9-26(5,28)10-8-24/h11-12H,6-10H2,1-5H3,(H,23,30). The van der Waals surface area contributed by atoms with Crippen molar-refractivity contribution in [2.45, 2.75) is 33.1 Å². The highest BCUT2D eigenvalue weighted by molar-refractivity contribution is 7.80. The topological polar surface area (TPSA) is 82.5 Å². The second-order valence-corrected chi connectivity index (χ2v) is 9.50. The summed E-state index contributed by atoms with van der Waals surface area (Å²) in [5, 5.41) is 16.2. The lowest BCUT2D eigenvalue weighted by atomic mass is 9.96. The summed E-state index contributed by atoms with van der Waals surface area (Å²) in [6.07, 6.45) is -0.482. The van der Waals surface area contributed by atoms with Crippen molar-refractivity contribution in [3.05, 3.63) is 28.2 Å². The van der Waals surface area contributed by atoms with Gasteiger partial charge >= 0.3 is 6.09 Å². The fourth-order valence-corrected chi connectivity index (χ4v) is 3.85. The zero-order valence-electron chi connectivity index (χ0n) is 18.0. The van der Waals surface area contributed by atoms with Crippen LogP contribution in [-0.4, -0.2) is 70.1 Å². The van der Waals surface area contributed by atoms with E-state index in [9.17, 15) is 10.0 Å². The first-order chi connectivity index (χ1) is 13.9. The molecule has 1 fully saturated rings. The van der Waals surface area contributed by atoms with Crippen LogP contribution in [0.2, 0.25) is 5.02 Å². The summed E-state index contributed by atoms with van der Waals surface area (Å²) in [4.78, 5) is 19.3. The normalized spacial score (nSPS) is 16.6. The van der Waals surface area contributed by atoms with Gasteiger partial charge in [-0.1, -0.05) is 32.4 Å². The van der Waals surface area contributed by atoms with Crippen LogP contribution in [-0.2, 0) is 10.2 Å². The lowest BCUT2D eigenvalue weighted by Gasteiger charge is -2.45. The van der Waals surface area contributed by atoms with E-state index in [0.717, 1.165) is 0 Å². The predicted molar refractivity (Wildman–Crippen MR) is 123 cm³/mol. The number of quaternary nitrogens is 1. The highest BCUT2D eigenvalue weighted by Gasteiger charge is 2.28. The summed E-state index contributed by atoms with van der Waals surface area (Å²) >= 11 is 12.0. The molecule has 8 nitrogen and oxygen atoms in total. The highest BCUT2D eigenvalue weighted by atomic mass is 35.5. The first-order valence-electron chi connectivity index (χ1n) is 9.94. The smallest absolute Gasteiger partial charge is 0.419 e. The summed E-state index contributed by atoms with van der Waals surface area (Å²) < 4.78 is 6.49. The molecule has 0 aliphatic carbocycles. The second-order valence-electron chi connectivity index (χ2n) is 8.70. The number of hydroxylamine groups is 3. The summed E-state index contributed by atoms with van der Waals surface area (Å²) in [7, 11) is 1.67. The Morgan fingerprint density at radius 1 is 1.37 bits per heavy atom. The number of aromatic nitrogens is 2. The van der Waals surface area contributed by atoms with Gasteiger partial charge < -0.3 is 24.8 Å². The number of nitrogens with one attached hydrogen (secondary N) is 1. The molecule has 0 atom stereocenters. The zero-order valence-corrected chi connectivity index (χ0v) is 19.6. The molecule has 1 saturated heterocycles. The third-order valence-corrected chi connectivity index (χ3v) is 5.75. The van der Waals surface area contributed by atoms with E-state index in [4.69, 9.17) is 28.6 Å². The Bertz CT molecular complexity index is 973. The molecular weight excluding hydrogens is 426 g/mol. The highest BCUT2D eigenvalue weighted by Crippen LogP contribution is 2.32. The number of ether oxygens (including phenoxy) is 1. The molecular formula is C20H28ClN5O3S. The van der Waals surface area contributed by atoms with Crippen LogP contribution in [0.3, 0.4) is 0 Å². The maximum atomic E-state index is 12.7. The summed E-state index contributed by atoms with van der Waals surface area (Å²) in [6, 6.07) is 3.48. The maximum Gasteiger partial charge on any atom is 0.419 e. The van der Waals surface area contributed by atoms with Gasteiger partial charge in [0.05, 0.1) is 61.6 Å². The molecule has 0 radical (unpaired) electrons. The number of imidazole rings is 1. The zero-order chi connectivity index (χ0) is 22.3. The maximum absolute atomic E-state index is 12.7. The molecule has 3 rings (SSSR count). The van der Waals surface area contributed by atoms with Crippen molar-refractivity contribution in [3.63, 3.8) is 0 Å². The number of piperazine rings is 1. The number of rotatable bonds is 2. The van der Waals surface area contributed by atoms with Crippen LogP contribution in [0, 0.1) is 5.21 Å². The van der Waals surface area contributed by atoms with Crippen molar-refractivity contribution in [2.75, 3.05) is 45.2 Å². The van der Waals surface area contributed by atoms with Crippen LogP contribution in [0.4, 0.5) is 10.5 Å². The molecule has 1 aromatic carbocycles. The second kappa shape index (κ2) is 8.30. The van der Waals surface area contributed by atoms with E-state index < -0.39 is 6.09 Å². The Kier molecular flexibility index (Phi) is 6.29. The minimum Gasteiger partial charge on any atom is -0.633 e. The molecule has 0 saturated carbocycles. The number of hydrogen-bond donors (Lipinski definition) is 1. The molecule has 1 aromatic heterocycles. The quantitative estimate of drug-likeness (QED) is 0.418. The van der Waals surface area contributed by atoms with Crippen molar-refractivity contribution in [1.29, 1.82) is 0 Å². The van der Waals surface area contributed by atoms with Gasteiger partial charge in [0, 0.05) is 5.41 Å². The summed E-state index contributed by atoms with van der Waals surface area (Å²) in [6.45, 7) is 10.1. The number of carbonyl (C=O) groups excluding carboxylic acids is 1. The lowest BCUT2D eigenvalue weighted by molar-refractivity contribution is -0.864. The van der Waals surface area contributed by atoms with E-state index in [1.807, 2.05) is 25.7 Å². The number of nitrogens with zero attached hydrogens (tertiary/aromatic N) is 4. The van der Waals surface area contributed by atoms with Crippen molar-refractivity contribution in [2.24, 2.45) is 0 Å². The summed E-state index contributed by atoms with van der Waals surface area (Å²) in [5.74, 6) is 0.593. The molecule has 10 heteroatoms. The molecule has 1 N–H and O–H groups in total. The van der Waals surface area contributed by atoms with Crippen molar-refractivity contribution >= 4 is 51.7 Å². The number of hydrogen-bond acceptors (Lipinski definition) is 5. The molecule has 0 bridgehead atoms. The Hall–Kier alpha value is -1.94. The van der Waals surface area contributed by atoms with Gasteiger partial charge in [-0.25, -0.2) is 14.3 Å². The molecule has 0 spiro atoms. The van der Waals surface area contributed by atoms with Crippen LogP contribution >= 0.6 is 23.8 Å². The molecule has 1 aliphatic heterocycles. The third kappa shape index (κ3) is 4.69. The van der Waals surface area contributed by atoms with Crippen LogP contribution < -0.4 is 5.32 Å². The van der Waals surface area contributed by atoms with Gasteiger partial charge in [0.1, 0.15) is 5.82 Å². The first kappa shape index (κ1) is 22.7. The van der Waals surface area contributed by atoms with Gasteiger partial charge in [-0.05, 0) is 31.3 Å². The van der Waals surface area contributed by atoms with Crippen LogP contribution in [0.5, 0.6) is 0 Å². The SMILES string of the molecule is CCOC(=O)n1c(C(C)(C)C)nc2cc(Cl)c(NC(=S)N3CC[N+](C)([O-])CC3)cc21. The number of anilines is 1. The Labute approximate surface area is 186 Å². The van der Waals surface area contributed by atoms with E-state index in [1.165, 1.54) is 4.57 Å². The minimum absolute atomic E-state index is 0.261. The van der Waals surface area contributed by atoms with Crippen molar-refractivity contribution < 1.29 is 14.2 Å². The van der Waals surface area contributed by atoms with Gasteiger partial charge in [0.25, 0.3) is 0 Å². The van der Waals surface area contributed by atoms with E-state index in [2.05, 4.69) is 10.3 Å². The van der Waals surface area contributed by atoms with Gasteiger partial charge in [0.2, 0.25) is 0 Å². The van der Waals surface area contributed by atoms with Crippen LogP contribution in [0.15, 0.2) is 12.1 Å². The molecule has 164 valence electrons. The molecule has 30 heavy (non-hydrogen) atoms. The Morgan fingerprint density at radius 3 is 2.57 bits per heavy atom. The molecule has 0 unspecified atom stereocenters. The first-order valence-corrected chi connectivity index (χ1v) is 10.7. The van der Waals surface area contributed by atoms with E-state index in [1.54, 1.807) is 26.1 Å². The fourth-order valence-electron chi connectivity index (χ4n) is 3.36. The van der Waals surface area contributed by atoms with Gasteiger partial charge in [-0.15, -0.1) is 0 Å². The number of fused-ring (bicyclic) bond motifs is 1. The largest absolute Gasteiger partial charge is 0.633 e. The van der Waals surface area contributed by atoms with Crippen molar-refractivity contribution in [3.8, 4) is 0 Å². The van der Waals surface area contributed by atoms with E-state index in [-0.39, 0.29) is 16.7 Å². The molecule has 2 heterocycles. The number of carbonyl (C=O) groups is 1. The van der Waals surface area contributed by atoms with Crippen LogP contribution in [0.1, 0.15) is 33.5 Å². The van der Waals surface area contributed by atoms with E-state index >= 15 is 0 Å². The average Bonchev–Trinajstić information content (AvgIpc) is 3.00. The van der Waals surface area contributed by atoms with Gasteiger partial charge in [-0.3, -0.25) is 0 Å². The van der Waals surface area contributed by atoms with Gasteiger partial charge in [0.15, 0.2) is 5.11 Å². The monoisotopic (exact) mass is 453 g/mol. The number of halogens is 1. The van der Waals surface area contributed by atoms with Gasteiger partial charge in [-0.2, -0.15) is 0 Å². The van der Waals surface area contributed by atoms with Crippen molar-refractivity contribution in [1.82, 2.24) is 14.5 Å². The van der Waals surface area contributed by atoms with E-state index in [0.29, 0.717) is 58.9 Å². The minimum atomic E-state index is -0.482. The number of benzene rings is 1. The number of thiocarbonyl (C=S) groups is 1. The lowest BCUT2D eigenvalue weighted by Crippen LogP contribution is -2.55. The Morgan fingerprint density at radius 2 is 2.00 bits per heavy atom. The molecule has 1 aliphatic rings.